The molecule has 0 aliphatic heterocycles. The molecule has 2 aromatic carbocycles. The van der Waals surface area contributed by atoms with Gasteiger partial charge < -0.3 is 10.5 Å². The van der Waals surface area contributed by atoms with Crippen molar-refractivity contribution in [1.29, 1.82) is 5.26 Å². The largest absolute Gasteiger partial charge is 0.469 e. The minimum Gasteiger partial charge on any atom is -0.469 e. The normalized spacial score (nSPS) is 19.1. The summed E-state index contributed by atoms with van der Waals surface area (Å²) in [6.07, 6.45) is 3.35. The third-order valence-corrected chi connectivity index (χ3v) is 5.37. The van der Waals surface area contributed by atoms with E-state index in [9.17, 15) is 9.59 Å². The van der Waals surface area contributed by atoms with Crippen LogP contribution in [0.3, 0.4) is 0 Å². The summed E-state index contributed by atoms with van der Waals surface area (Å²) >= 11 is 0. The molecule has 2 aromatic rings. The Morgan fingerprint density at radius 1 is 1.07 bits per heavy atom. The molecular formula is C22H22N2O3. The number of nitrogens with two attached hydrogens (primary N) is 1. The van der Waals surface area contributed by atoms with Gasteiger partial charge in [0.1, 0.15) is 0 Å². The van der Waals surface area contributed by atoms with E-state index >= 15 is 0 Å². The van der Waals surface area contributed by atoms with E-state index in [0.29, 0.717) is 17.0 Å². The van der Waals surface area contributed by atoms with Crippen LogP contribution in [0.15, 0.2) is 42.5 Å². The van der Waals surface area contributed by atoms with Crippen molar-refractivity contribution in [3.05, 3.63) is 59.2 Å². The molecule has 5 heteroatoms. The van der Waals surface area contributed by atoms with Crippen molar-refractivity contribution in [2.75, 3.05) is 7.11 Å². The Hall–Kier alpha value is -3.13. The molecule has 0 atom stereocenters. The number of nitriles is 1. The predicted octanol–water partition coefficient (Wildman–Crippen LogP) is 3.77. The topological polar surface area (TPSA) is 93.2 Å². The fourth-order valence-electron chi connectivity index (χ4n) is 3.82. The minimum absolute atomic E-state index is 0.0280. The van der Waals surface area contributed by atoms with E-state index in [2.05, 4.69) is 6.07 Å². The van der Waals surface area contributed by atoms with Crippen LogP contribution in [-0.2, 0) is 9.53 Å². The molecule has 0 spiro atoms. The average Bonchev–Trinajstić information content (AvgIpc) is 2.73. The van der Waals surface area contributed by atoms with Crippen LogP contribution in [0, 0.1) is 17.2 Å². The molecule has 0 unspecified atom stereocenters. The molecule has 2 N–H and O–H groups in total. The van der Waals surface area contributed by atoms with Gasteiger partial charge in [-0.2, -0.15) is 5.26 Å². The summed E-state index contributed by atoms with van der Waals surface area (Å²) in [7, 11) is 1.43. The summed E-state index contributed by atoms with van der Waals surface area (Å²) in [5.41, 5.74) is 9.37. The fraction of sp³-hybridized carbons (Fsp3) is 0.318. The molecule has 0 saturated heterocycles. The van der Waals surface area contributed by atoms with E-state index in [1.165, 1.54) is 7.11 Å². The third kappa shape index (κ3) is 4.01. The summed E-state index contributed by atoms with van der Waals surface area (Å²) in [5, 5.41) is 8.94. The van der Waals surface area contributed by atoms with Crippen molar-refractivity contribution in [3.8, 4) is 17.2 Å². The predicted molar refractivity (Wildman–Crippen MR) is 102 cm³/mol. The highest BCUT2D eigenvalue weighted by Crippen LogP contribution is 2.37. The number of hydrogen-bond acceptors (Lipinski definition) is 4. The summed E-state index contributed by atoms with van der Waals surface area (Å²) < 4.78 is 4.84. The highest BCUT2D eigenvalue weighted by atomic mass is 16.5. The molecule has 1 saturated carbocycles. The molecule has 1 aliphatic carbocycles. The van der Waals surface area contributed by atoms with Gasteiger partial charge in [0, 0.05) is 5.56 Å². The monoisotopic (exact) mass is 362 g/mol. The number of primary amides is 1. The first-order valence-electron chi connectivity index (χ1n) is 9.05. The molecule has 0 heterocycles. The number of amides is 1. The van der Waals surface area contributed by atoms with Crippen LogP contribution in [0.5, 0.6) is 0 Å². The number of rotatable bonds is 4. The lowest BCUT2D eigenvalue weighted by Gasteiger charge is -2.27. The highest BCUT2D eigenvalue weighted by molar-refractivity contribution is 6.00. The molecule has 1 aliphatic rings. The lowest BCUT2D eigenvalue weighted by Crippen LogP contribution is -2.22. The fourth-order valence-corrected chi connectivity index (χ4v) is 3.82. The van der Waals surface area contributed by atoms with Gasteiger partial charge in [-0.3, -0.25) is 9.59 Å². The number of nitrogens with zero attached hydrogens (tertiary/aromatic N) is 1. The molecule has 0 aromatic heterocycles. The molecule has 0 radical (unpaired) electrons. The number of ether oxygens (including phenoxy) is 1. The first-order valence-corrected chi connectivity index (χ1v) is 9.05. The Morgan fingerprint density at radius 3 is 2.30 bits per heavy atom. The van der Waals surface area contributed by atoms with E-state index < -0.39 is 5.91 Å². The Labute approximate surface area is 158 Å². The zero-order valence-electron chi connectivity index (χ0n) is 15.3. The Balaban J connectivity index is 1.85. The standard InChI is InChI=1S/C22H22N2O3/c1-27-22(26)17-8-6-15(7-9-17)18-10-11-19(20(12-18)21(24)25)16-4-2-14(13-23)3-5-16/h2-5,10-12,15,17H,6-9H2,1H3,(H2,24,25). The molecule has 27 heavy (non-hydrogen) atoms. The van der Waals surface area contributed by atoms with Crippen LogP contribution < -0.4 is 5.73 Å². The molecule has 1 fully saturated rings. The quantitative estimate of drug-likeness (QED) is 0.838. The van der Waals surface area contributed by atoms with Crippen LogP contribution in [-0.4, -0.2) is 19.0 Å². The van der Waals surface area contributed by atoms with Gasteiger partial charge in [0.05, 0.1) is 24.7 Å². The van der Waals surface area contributed by atoms with E-state index in [-0.39, 0.29) is 11.9 Å². The van der Waals surface area contributed by atoms with Gasteiger partial charge in [0.15, 0.2) is 0 Å². The minimum atomic E-state index is -0.473. The Kier molecular flexibility index (Phi) is 5.56. The number of carbonyl (C=O) groups excluding carboxylic acids is 2. The van der Waals surface area contributed by atoms with Gasteiger partial charge in [-0.15, -0.1) is 0 Å². The van der Waals surface area contributed by atoms with Crippen molar-refractivity contribution in [2.45, 2.75) is 31.6 Å². The summed E-state index contributed by atoms with van der Waals surface area (Å²) in [6.45, 7) is 0. The number of methoxy groups -OCH3 is 1. The van der Waals surface area contributed by atoms with Crippen molar-refractivity contribution < 1.29 is 14.3 Å². The molecule has 3 rings (SSSR count). The van der Waals surface area contributed by atoms with Crippen molar-refractivity contribution in [3.63, 3.8) is 0 Å². The number of hydrogen-bond donors (Lipinski definition) is 1. The van der Waals surface area contributed by atoms with Crippen LogP contribution in [0.2, 0.25) is 0 Å². The zero-order valence-corrected chi connectivity index (χ0v) is 15.3. The van der Waals surface area contributed by atoms with Crippen molar-refractivity contribution in [1.82, 2.24) is 0 Å². The average molecular weight is 362 g/mol. The Bertz CT molecular complexity index is 889. The van der Waals surface area contributed by atoms with Gasteiger partial charge in [-0.05, 0) is 66.5 Å². The van der Waals surface area contributed by atoms with Gasteiger partial charge in [-0.25, -0.2) is 0 Å². The molecule has 0 bridgehead atoms. The maximum atomic E-state index is 12.0. The van der Waals surface area contributed by atoms with Crippen molar-refractivity contribution in [2.24, 2.45) is 11.7 Å². The van der Waals surface area contributed by atoms with E-state index in [1.54, 1.807) is 12.1 Å². The molecule has 1 amide bonds. The third-order valence-electron chi connectivity index (χ3n) is 5.37. The van der Waals surface area contributed by atoms with Crippen LogP contribution in [0.25, 0.3) is 11.1 Å². The second kappa shape index (κ2) is 8.05. The SMILES string of the molecule is COC(=O)C1CCC(c2ccc(-c3ccc(C#N)cc3)c(C(N)=O)c2)CC1. The summed E-state index contributed by atoms with van der Waals surface area (Å²) in [6, 6.07) is 15.0. The zero-order chi connectivity index (χ0) is 19.4. The first kappa shape index (κ1) is 18.7. The summed E-state index contributed by atoms with van der Waals surface area (Å²) in [4.78, 5) is 23.7. The maximum absolute atomic E-state index is 12.0. The van der Waals surface area contributed by atoms with E-state index in [4.69, 9.17) is 15.7 Å². The van der Waals surface area contributed by atoms with Gasteiger partial charge >= 0.3 is 5.97 Å². The number of carbonyl (C=O) groups is 2. The molecular weight excluding hydrogens is 340 g/mol. The van der Waals surface area contributed by atoms with Crippen LogP contribution >= 0.6 is 0 Å². The second-order valence-corrected chi connectivity index (χ2v) is 6.93. The van der Waals surface area contributed by atoms with Crippen molar-refractivity contribution >= 4 is 11.9 Å². The Morgan fingerprint density at radius 2 is 1.74 bits per heavy atom. The second-order valence-electron chi connectivity index (χ2n) is 6.93. The smallest absolute Gasteiger partial charge is 0.308 e. The highest BCUT2D eigenvalue weighted by Gasteiger charge is 2.28. The van der Waals surface area contributed by atoms with Gasteiger partial charge in [0.25, 0.3) is 0 Å². The lowest BCUT2D eigenvalue weighted by atomic mass is 9.78. The first-order chi connectivity index (χ1) is 13.0. The lowest BCUT2D eigenvalue weighted by molar-refractivity contribution is -0.146. The van der Waals surface area contributed by atoms with Gasteiger partial charge in [-0.1, -0.05) is 24.3 Å². The van der Waals surface area contributed by atoms with Crippen LogP contribution in [0.4, 0.5) is 0 Å². The maximum Gasteiger partial charge on any atom is 0.308 e. The number of esters is 1. The molecule has 138 valence electrons. The number of benzene rings is 2. The van der Waals surface area contributed by atoms with E-state index in [0.717, 1.165) is 42.4 Å². The van der Waals surface area contributed by atoms with Gasteiger partial charge in [0.2, 0.25) is 5.91 Å². The van der Waals surface area contributed by atoms with E-state index in [1.807, 2.05) is 30.3 Å². The molecule has 5 nitrogen and oxygen atoms in total. The van der Waals surface area contributed by atoms with Crippen LogP contribution in [0.1, 0.15) is 53.1 Å². The summed E-state index contributed by atoms with van der Waals surface area (Å²) in [5.74, 6) is -0.333.